The fourth-order valence-electron chi connectivity index (χ4n) is 5.62. The molecule has 4 rings (SSSR count). The highest BCUT2D eigenvalue weighted by molar-refractivity contribution is 7.17. The van der Waals surface area contributed by atoms with Gasteiger partial charge in [0.15, 0.2) is 0 Å². The summed E-state index contributed by atoms with van der Waals surface area (Å²) in [6.07, 6.45) is 2.00. The Morgan fingerprint density at radius 3 is 2.11 bits per heavy atom. The lowest BCUT2D eigenvalue weighted by molar-refractivity contribution is 0.00946. The zero-order chi connectivity index (χ0) is 32.9. The molecule has 0 aliphatic heterocycles. The van der Waals surface area contributed by atoms with Gasteiger partial charge in [-0.1, -0.05) is 60.1 Å². The number of hydrogen-bond acceptors (Lipinski definition) is 6. The lowest BCUT2D eigenvalue weighted by Gasteiger charge is -2.39. The molecule has 242 valence electrons. The molecule has 3 aromatic rings. The van der Waals surface area contributed by atoms with Crippen LogP contribution in [0.4, 0.5) is 9.59 Å². The third-order valence-corrected chi connectivity index (χ3v) is 9.07. The number of carbonyl (C=O) groups is 3. The van der Waals surface area contributed by atoms with Crippen LogP contribution in [0.15, 0.2) is 60.7 Å². The first-order valence-corrected chi connectivity index (χ1v) is 16.5. The Kier molecular flexibility index (Phi) is 10.9. The van der Waals surface area contributed by atoms with Gasteiger partial charge in [-0.25, -0.2) is 9.59 Å². The van der Waals surface area contributed by atoms with E-state index in [2.05, 4.69) is 5.32 Å². The van der Waals surface area contributed by atoms with Gasteiger partial charge in [0.1, 0.15) is 15.5 Å². The predicted molar refractivity (Wildman–Crippen MR) is 180 cm³/mol. The summed E-state index contributed by atoms with van der Waals surface area (Å²) < 4.78 is 11.9. The Labute approximate surface area is 275 Å². The number of alkyl carbamates (subject to hydrolysis) is 1. The Bertz CT molecular complexity index is 1490. The van der Waals surface area contributed by atoms with Crippen LogP contribution >= 0.6 is 22.9 Å². The van der Waals surface area contributed by atoms with Crippen molar-refractivity contribution >= 4 is 41.0 Å². The van der Waals surface area contributed by atoms with Crippen molar-refractivity contribution in [3.63, 3.8) is 0 Å². The average molecular weight is 654 g/mol. The lowest BCUT2D eigenvalue weighted by atomic mass is 9.88. The molecule has 2 aromatic carbocycles. The molecule has 3 amide bonds. The molecule has 1 fully saturated rings. The molecule has 3 N–H and O–H groups in total. The van der Waals surface area contributed by atoms with E-state index in [9.17, 15) is 14.4 Å². The maximum absolute atomic E-state index is 13.8. The molecule has 0 radical (unpaired) electrons. The van der Waals surface area contributed by atoms with Crippen LogP contribution in [-0.4, -0.2) is 52.8 Å². The Morgan fingerprint density at radius 1 is 0.911 bits per heavy atom. The molecular weight excluding hydrogens is 610 g/mol. The number of nitrogens with two attached hydrogens (primary N) is 1. The largest absolute Gasteiger partial charge is 0.444 e. The number of nitrogens with one attached hydrogen (secondary N) is 1. The van der Waals surface area contributed by atoms with Gasteiger partial charge < -0.3 is 25.4 Å². The summed E-state index contributed by atoms with van der Waals surface area (Å²) in [6.45, 7) is 11.5. The molecule has 1 aliphatic rings. The van der Waals surface area contributed by atoms with Gasteiger partial charge in [-0.15, -0.1) is 11.3 Å². The third-order valence-electron chi connectivity index (χ3n) is 7.60. The molecule has 1 aliphatic carbocycles. The van der Waals surface area contributed by atoms with E-state index in [0.717, 1.165) is 16.0 Å². The van der Waals surface area contributed by atoms with Gasteiger partial charge >= 0.3 is 12.2 Å². The number of rotatable bonds is 8. The van der Waals surface area contributed by atoms with Gasteiger partial charge in [-0.3, -0.25) is 4.79 Å². The van der Waals surface area contributed by atoms with Crippen LogP contribution < -0.4 is 11.1 Å². The normalized spacial score (nSPS) is 17.7. The molecule has 0 spiro atoms. The minimum Gasteiger partial charge on any atom is -0.444 e. The van der Waals surface area contributed by atoms with Crippen molar-refractivity contribution < 1.29 is 23.9 Å². The van der Waals surface area contributed by atoms with Crippen molar-refractivity contribution in [2.24, 2.45) is 5.73 Å². The summed E-state index contributed by atoms with van der Waals surface area (Å²) in [4.78, 5) is 41.2. The fourth-order valence-corrected chi connectivity index (χ4v) is 7.06. The number of halogens is 1. The summed E-state index contributed by atoms with van der Waals surface area (Å²) in [5.74, 6) is -0.741. The first kappa shape index (κ1) is 34.3. The summed E-state index contributed by atoms with van der Waals surface area (Å²) in [7, 11) is 0. The van der Waals surface area contributed by atoms with E-state index in [1.54, 1.807) is 12.1 Å². The maximum Gasteiger partial charge on any atom is 0.410 e. The second-order valence-electron chi connectivity index (χ2n) is 13.5. The quantitative estimate of drug-likeness (QED) is 0.254. The molecule has 45 heavy (non-hydrogen) atoms. The second kappa shape index (κ2) is 14.3. The van der Waals surface area contributed by atoms with Crippen LogP contribution in [0.3, 0.4) is 0 Å². The number of amides is 3. The van der Waals surface area contributed by atoms with Crippen LogP contribution in [0.25, 0.3) is 11.1 Å². The number of thiophene rings is 1. The standard InChI is InChI=1S/C35H44ClN3O5S/c1-34(2,3)43-32(41)38-23-16-18-24(19-17-23)39(33(42)44-35(4,5)6)21-28(22-12-8-7-9-13-22)29-20-27(30(36)45-29)25-14-10-11-15-26(25)31(37)40/h7-15,20,23-24,28H,16-19,21H2,1-6H3,(H2,37,40)(H,38,41). The van der Waals surface area contributed by atoms with Crippen LogP contribution in [0.5, 0.6) is 0 Å². The van der Waals surface area contributed by atoms with Crippen LogP contribution in [0, 0.1) is 0 Å². The summed E-state index contributed by atoms with van der Waals surface area (Å²) >= 11 is 8.27. The number of hydrogen-bond donors (Lipinski definition) is 2. The van der Waals surface area contributed by atoms with E-state index in [-0.39, 0.29) is 24.1 Å². The molecule has 1 heterocycles. The van der Waals surface area contributed by atoms with Gasteiger partial charge in [0.2, 0.25) is 5.91 Å². The summed E-state index contributed by atoms with van der Waals surface area (Å²) in [6, 6.07) is 19.0. The highest BCUT2D eigenvalue weighted by Crippen LogP contribution is 2.42. The van der Waals surface area contributed by atoms with E-state index < -0.39 is 23.2 Å². The monoisotopic (exact) mass is 653 g/mol. The molecular formula is C35H44ClN3O5S. The van der Waals surface area contributed by atoms with E-state index >= 15 is 0 Å². The third kappa shape index (κ3) is 9.47. The highest BCUT2D eigenvalue weighted by atomic mass is 35.5. The van der Waals surface area contributed by atoms with Crippen molar-refractivity contribution in [1.29, 1.82) is 0 Å². The van der Waals surface area contributed by atoms with Gasteiger partial charge in [-0.05, 0) is 90.5 Å². The van der Waals surface area contributed by atoms with Crippen molar-refractivity contribution in [1.82, 2.24) is 10.2 Å². The minimum absolute atomic E-state index is 0.0366. The van der Waals surface area contributed by atoms with Gasteiger partial charge in [0, 0.05) is 40.6 Å². The summed E-state index contributed by atoms with van der Waals surface area (Å²) in [5, 5.41) is 2.99. The first-order valence-electron chi connectivity index (χ1n) is 15.3. The molecule has 0 saturated heterocycles. The van der Waals surface area contributed by atoms with Gasteiger partial charge in [0.25, 0.3) is 0 Å². The number of primary amides is 1. The van der Waals surface area contributed by atoms with Gasteiger partial charge in [0.05, 0.1) is 0 Å². The predicted octanol–water partition coefficient (Wildman–Crippen LogP) is 8.37. The second-order valence-corrected chi connectivity index (χ2v) is 15.2. The Balaban J connectivity index is 1.65. The Hall–Kier alpha value is -3.56. The average Bonchev–Trinajstić information content (AvgIpc) is 3.33. The van der Waals surface area contributed by atoms with E-state index in [0.29, 0.717) is 47.7 Å². The van der Waals surface area contributed by atoms with Crippen LogP contribution in [0.2, 0.25) is 4.34 Å². The fraction of sp³-hybridized carbons (Fsp3) is 0.457. The minimum atomic E-state index is -0.676. The van der Waals surface area contributed by atoms with Gasteiger partial charge in [-0.2, -0.15) is 0 Å². The SMILES string of the molecule is CC(C)(C)OC(=O)NC1CCC(N(CC(c2ccccc2)c2cc(-c3ccccc3C(N)=O)c(Cl)s2)C(=O)OC(C)(C)C)CC1. The Morgan fingerprint density at radius 2 is 1.51 bits per heavy atom. The van der Waals surface area contributed by atoms with Crippen molar-refractivity contribution in [2.45, 2.75) is 96.4 Å². The number of carbonyl (C=O) groups excluding carboxylic acids is 3. The zero-order valence-corrected chi connectivity index (χ0v) is 28.5. The molecule has 8 nitrogen and oxygen atoms in total. The van der Waals surface area contributed by atoms with Crippen molar-refractivity contribution in [3.8, 4) is 11.1 Å². The molecule has 0 bridgehead atoms. The van der Waals surface area contributed by atoms with Crippen LogP contribution in [0.1, 0.15) is 93.9 Å². The molecule has 10 heteroatoms. The number of ether oxygens (including phenoxy) is 2. The van der Waals surface area contributed by atoms with E-state index in [4.69, 9.17) is 26.8 Å². The molecule has 1 saturated carbocycles. The first-order chi connectivity index (χ1) is 21.1. The number of nitrogens with zero attached hydrogens (tertiary/aromatic N) is 1. The topological polar surface area (TPSA) is 111 Å². The zero-order valence-electron chi connectivity index (χ0n) is 26.9. The number of benzene rings is 2. The molecule has 1 atom stereocenters. The van der Waals surface area contributed by atoms with E-state index in [1.165, 1.54) is 11.3 Å². The summed E-state index contributed by atoms with van der Waals surface area (Å²) in [5.41, 5.74) is 7.26. The van der Waals surface area contributed by atoms with E-state index in [1.807, 2.05) is 95.0 Å². The highest BCUT2D eigenvalue weighted by Gasteiger charge is 2.35. The van der Waals surface area contributed by atoms with Crippen LogP contribution in [-0.2, 0) is 9.47 Å². The van der Waals surface area contributed by atoms with Crippen molar-refractivity contribution in [2.75, 3.05) is 6.54 Å². The van der Waals surface area contributed by atoms with Crippen molar-refractivity contribution in [3.05, 3.63) is 81.0 Å². The lowest BCUT2D eigenvalue weighted by Crippen LogP contribution is -2.49. The molecule has 1 unspecified atom stereocenters. The smallest absolute Gasteiger partial charge is 0.410 e. The molecule has 1 aromatic heterocycles. The maximum atomic E-state index is 13.8.